The van der Waals surface area contributed by atoms with Crippen molar-refractivity contribution in [3.63, 3.8) is 0 Å². The molecule has 0 unspecified atom stereocenters. The summed E-state index contributed by atoms with van der Waals surface area (Å²) in [7, 11) is 0. The first-order chi connectivity index (χ1) is 6.74. The zero-order valence-corrected chi connectivity index (χ0v) is 8.36. The Kier molecular flexibility index (Phi) is 2.33. The van der Waals surface area contributed by atoms with Gasteiger partial charge < -0.3 is 9.72 Å². The molecule has 0 radical (unpaired) electrons. The number of nitrogens with one attached hydrogen (secondary N) is 1. The van der Waals surface area contributed by atoms with Crippen LogP contribution in [0.4, 0.5) is 4.39 Å². The van der Waals surface area contributed by atoms with Gasteiger partial charge in [0.1, 0.15) is 11.6 Å². The molecular formula is C10H9ClFNO. The third-order valence-electron chi connectivity index (χ3n) is 2.00. The summed E-state index contributed by atoms with van der Waals surface area (Å²) >= 11 is 5.89. The molecule has 14 heavy (non-hydrogen) atoms. The lowest BCUT2D eigenvalue weighted by Gasteiger charge is -2.01. The molecule has 4 heteroatoms. The Morgan fingerprint density at radius 3 is 3.00 bits per heavy atom. The maximum absolute atomic E-state index is 13.4. The van der Waals surface area contributed by atoms with E-state index in [9.17, 15) is 4.39 Å². The molecule has 0 amide bonds. The maximum atomic E-state index is 13.4. The van der Waals surface area contributed by atoms with Crippen molar-refractivity contribution >= 4 is 22.5 Å². The second kappa shape index (κ2) is 3.50. The van der Waals surface area contributed by atoms with Gasteiger partial charge >= 0.3 is 0 Å². The van der Waals surface area contributed by atoms with E-state index in [1.165, 1.54) is 12.1 Å². The first-order valence-electron chi connectivity index (χ1n) is 4.32. The smallest absolute Gasteiger partial charge is 0.147 e. The molecule has 0 spiro atoms. The van der Waals surface area contributed by atoms with Crippen LogP contribution >= 0.6 is 11.6 Å². The topological polar surface area (TPSA) is 25.0 Å². The zero-order chi connectivity index (χ0) is 10.1. The van der Waals surface area contributed by atoms with Crippen molar-refractivity contribution in [3.05, 3.63) is 29.2 Å². The average Bonchev–Trinajstić information content (AvgIpc) is 2.58. The number of benzene rings is 1. The molecule has 0 saturated heterocycles. The molecule has 2 nitrogen and oxygen atoms in total. The van der Waals surface area contributed by atoms with E-state index in [-0.39, 0.29) is 5.82 Å². The molecule has 2 aromatic rings. The predicted molar refractivity (Wildman–Crippen MR) is 54.4 cm³/mol. The van der Waals surface area contributed by atoms with E-state index in [0.717, 1.165) is 0 Å². The van der Waals surface area contributed by atoms with Gasteiger partial charge in [-0.05, 0) is 19.1 Å². The summed E-state index contributed by atoms with van der Waals surface area (Å²) in [5.74, 6) is 0.177. The van der Waals surface area contributed by atoms with Crippen molar-refractivity contribution in [2.45, 2.75) is 6.92 Å². The quantitative estimate of drug-likeness (QED) is 0.813. The number of hydrogen-bond acceptors (Lipinski definition) is 1. The lowest BCUT2D eigenvalue weighted by molar-refractivity contribution is 0.343. The molecule has 0 saturated carbocycles. The van der Waals surface area contributed by atoms with E-state index in [1.54, 1.807) is 6.20 Å². The van der Waals surface area contributed by atoms with Crippen LogP contribution in [0.2, 0.25) is 5.02 Å². The monoisotopic (exact) mass is 213 g/mol. The van der Waals surface area contributed by atoms with Gasteiger partial charge in [-0.3, -0.25) is 0 Å². The molecule has 1 aromatic heterocycles. The fourth-order valence-electron chi connectivity index (χ4n) is 1.41. The van der Waals surface area contributed by atoms with Gasteiger partial charge in [0, 0.05) is 6.20 Å². The third-order valence-corrected chi connectivity index (χ3v) is 2.31. The highest BCUT2D eigenvalue weighted by atomic mass is 35.5. The van der Waals surface area contributed by atoms with E-state index >= 15 is 0 Å². The summed E-state index contributed by atoms with van der Waals surface area (Å²) in [6.45, 7) is 2.35. The zero-order valence-electron chi connectivity index (χ0n) is 7.60. The number of halogens is 2. The number of rotatable bonds is 2. The Morgan fingerprint density at radius 2 is 2.29 bits per heavy atom. The van der Waals surface area contributed by atoms with Crippen LogP contribution in [0.5, 0.6) is 5.75 Å². The second-order valence-electron chi connectivity index (χ2n) is 2.87. The Balaban J connectivity index is 2.70. The van der Waals surface area contributed by atoms with Crippen LogP contribution in [0.15, 0.2) is 18.3 Å². The predicted octanol–water partition coefficient (Wildman–Crippen LogP) is 3.36. The molecule has 1 aromatic carbocycles. The number of H-pyrrole nitrogens is 1. The highest BCUT2D eigenvalue weighted by Crippen LogP contribution is 2.32. The van der Waals surface area contributed by atoms with Gasteiger partial charge in [0.05, 0.1) is 22.5 Å². The highest BCUT2D eigenvalue weighted by molar-refractivity contribution is 6.35. The van der Waals surface area contributed by atoms with E-state index in [0.29, 0.717) is 28.3 Å². The van der Waals surface area contributed by atoms with Gasteiger partial charge in [0.2, 0.25) is 0 Å². The third kappa shape index (κ3) is 1.34. The van der Waals surface area contributed by atoms with Crippen molar-refractivity contribution in [1.29, 1.82) is 0 Å². The van der Waals surface area contributed by atoms with Crippen molar-refractivity contribution in [1.82, 2.24) is 4.98 Å². The van der Waals surface area contributed by atoms with Gasteiger partial charge in [-0.15, -0.1) is 0 Å². The van der Waals surface area contributed by atoms with E-state index < -0.39 is 0 Å². The maximum Gasteiger partial charge on any atom is 0.147 e. The van der Waals surface area contributed by atoms with Crippen LogP contribution in [0.25, 0.3) is 10.9 Å². The summed E-state index contributed by atoms with van der Waals surface area (Å²) in [5.41, 5.74) is 0.579. The second-order valence-corrected chi connectivity index (χ2v) is 3.27. The number of aromatic nitrogens is 1. The molecule has 1 heterocycles. The van der Waals surface area contributed by atoms with Gasteiger partial charge in [-0.1, -0.05) is 11.6 Å². The molecule has 74 valence electrons. The first-order valence-corrected chi connectivity index (χ1v) is 4.69. The molecular weight excluding hydrogens is 205 g/mol. The minimum absolute atomic E-state index is 0.325. The minimum Gasteiger partial charge on any atom is -0.492 e. The van der Waals surface area contributed by atoms with Crippen molar-refractivity contribution in [3.8, 4) is 5.75 Å². The minimum atomic E-state index is -0.325. The Hall–Kier alpha value is -1.22. The van der Waals surface area contributed by atoms with Crippen LogP contribution < -0.4 is 4.74 Å². The standard InChI is InChI=1S/C10H9ClFNO/c1-2-14-8-5-13-10-6(11)3-4-7(12)9(8)10/h3-5,13H,2H2,1H3. The van der Waals surface area contributed by atoms with Crippen LogP contribution in [-0.4, -0.2) is 11.6 Å². The molecule has 0 atom stereocenters. The Labute approximate surface area is 85.6 Å². The van der Waals surface area contributed by atoms with Crippen LogP contribution in [-0.2, 0) is 0 Å². The molecule has 2 rings (SSSR count). The number of aromatic amines is 1. The Bertz CT molecular complexity index is 466. The Morgan fingerprint density at radius 1 is 1.50 bits per heavy atom. The fourth-order valence-corrected chi connectivity index (χ4v) is 1.63. The largest absolute Gasteiger partial charge is 0.492 e. The molecule has 0 bridgehead atoms. The van der Waals surface area contributed by atoms with Crippen LogP contribution in [0.1, 0.15) is 6.92 Å². The van der Waals surface area contributed by atoms with Crippen LogP contribution in [0.3, 0.4) is 0 Å². The summed E-state index contributed by atoms with van der Waals surface area (Å²) < 4.78 is 18.7. The summed E-state index contributed by atoms with van der Waals surface area (Å²) in [4.78, 5) is 2.89. The van der Waals surface area contributed by atoms with Gasteiger partial charge in [0.25, 0.3) is 0 Å². The summed E-state index contributed by atoms with van der Waals surface area (Å²) in [6.07, 6.45) is 1.61. The summed E-state index contributed by atoms with van der Waals surface area (Å²) in [6, 6.07) is 2.85. The van der Waals surface area contributed by atoms with Crippen LogP contribution in [0, 0.1) is 5.82 Å². The molecule has 0 aliphatic heterocycles. The normalized spacial score (nSPS) is 10.8. The molecule has 0 aliphatic carbocycles. The molecule has 0 aliphatic rings. The van der Waals surface area contributed by atoms with E-state index in [2.05, 4.69) is 4.98 Å². The number of hydrogen-bond donors (Lipinski definition) is 1. The van der Waals surface area contributed by atoms with Gasteiger partial charge in [-0.2, -0.15) is 0 Å². The fraction of sp³-hybridized carbons (Fsp3) is 0.200. The SMILES string of the molecule is CCOc1c[nH]c2c(Cl)ccc(F)c12. The van der Waals surface area contributed by atoms with Crippen molar-refractivity contribution in [2.75, 3.05) is 6.61 Å². The molecule has 1 N–H and O–H groups in total. The van der Waals surface area contributed by atoms with Crippen molar-refractivity contribution in [2.24, 2.45) is 0 Å². The lowest BCUT2D eigenvalue weighted by Crippen LogP contribution is -1.90. The van der Waals surface area contributed by atoms with Gasteiger partial charge in [-0.25, -0.2) is 4.39 Å². The number of ether oxygens (including phenoxy) is 1. The van der Waals surface area contributed by atoms with E-state index in [1.807, 2.05) is 6.92 Å². The highest BCUT2D eigenvalue weighted by Gasteiger charge is 2.11. The van der Waals surface area contributed by atoms with Gasteiger partial charge in [0.15, 0.2) is 0 Å². The average molecular weight is 214 g/mol. The first kappa shape index (κ1) is 9.34. The summed E-state index contributed by atoms with van der Waals surface area (Å²) in [5, 5.41) is 0.909. The molecule has 0 fully saturated rings. The van der Waals surface area contributed by atoms with E-state index in [4.69, 9.17) is 16.3 Å². The lowest BCUT2D eigenvalue weighted by atomic mass is 10.2. The number of fused-ring (bicyclic) bond motifs is 1. The van der Waals surface area contributed by atoms with Crippen molar-refractivity contribution < 1.29 is 9.13 Å².